The Morgan fingerprint density at radius 2 is 1.59 bits per heavy atom. The maximum absolute atomic E-state index is 11.0. The molecule has 0 aromatic rings. The average Bonchev–Trinajstić information content (AvgIpc) is 2.20. The molecule has 0 rings (SSSR count). The van der Waals surface area contributed by atoms with E-state index in [4.69, 9.17) is 4.74 Å². The lowest BCUT2D eigenvalue weighted by molar-refractivity contribution is -0.145. The highest BCUT2D eigenvalue weighted by molar-refractivity contribution is 5.94. The molecule has 0 unspecified atom stereocenters. The average molecular weight is 242 g/mol. The van der Waals surface area contributed by atoms with Gasteiger partial charge >= 0.3 is 5.97 Å². The fourth-order valence-corrected chi connectivity index (χ4v) is 1.63. The van der Waals surface area contributed by atoms with Crippen molar-refractivity contribution >= 4 is 11.8 Å². The van der Waals surface area contributed by atoms with Gasteiger partial charge in [0.2, 0.25) is 0 Å². The highest BCUT2D eigenvalue weighted by atomic mass is 16.5. The Morgan fingerprint density at radius 1 is 1.00 bits per heavy atom. The maximum atomic E-state index is 11.0. The lowest BCUT2D eigenvalue weighted by atomic mass is 10.0. The third-order valence-electron chi connectivity index (χ3n) is 2.58. The summed E-state index contributed by atoms with van der Waals surface area (Å²) in [4.78, 5) is 21.6. The molecule has 0 N–H and O–H groups in total. The van der Waals surface area contributed by atoms with Crippen LogP contribution in [0.3, 0.4) is 0 Å². The van der Waals surface area contributed by atoms with Gasteiger partial charge in [0.15, 0.2) is 0 Å². The van der Waals surface area contributed by atoms with Crippen molar-refractivity contribution in [3.8, 4) is 0 Å². The molecular weight excluding hydrogens is 216 g/mol. The molecule has 0 radical (unpaired) electrons. The first-order valence-corrected chi connectivity index (χ1v) is 6.67. The smallest absolute Gasteiger partial charge is 0.313 e. The molecule has 0 aliphatic rings. The van der Waals surface area contributed by atoms with E-state index in [1.807, 2.05) is 0 Å². The summed E-state index contributed by atoms with van der Waals surface area (Å²) in [5.74, 6) is 0.267. The molecule has 0 fully saturated rings. The van der Waals surface area contributed by atoms with Crippen molar-refractivity contribution in [2.24, 2.45) is 5.92 Å². The van der Waals surface area contributed by atoms with Crippen LogP contribution in [0.15, 0.2) is 0 Å². The number of unbranched alkanes of at least 4 members (excludes halogenated alkanes) is 4. The van der Waals surface area contributed by atoms with Gasteiger partial charge in [0, 0.05) is 0 Å². The van der Waals surface area contributed by atoms with Crippen LogP contribution in [0, 0.1) is 5.92 Å². The molecule has 0 aliphatic carbocycles. The summed E-state index contributed by atoms with van der Waals surface area (Å²) >= 11 is 0. The highest BCUT2D eigenvalue weighted by Gasteiger charge is 2.05. The van der Waals surface area contributed by atoms with E-state index in [-0.39, 0.29) is 12.2 Å². The molecule has 0 bridgehead atoms. The minimum absolute atomic E-state index is 0.0889. The quantitative estimate of drug-likeness (QED) is 0.334. The van der Waals surface area contributed by atoms with Crippen molar-refractivity contribution in [2.75, 3.05) is 6.61 Å². The number of esters is 1. The molecule has 0 spiro atoms. The molecular formula is C14H26O3. The molecule has 0 saturated carbocycles. The number of carbonyl (C=O) groups excluding carboxylic acids is 2. The normalized spacial score (nSPS) is 10.6. The molecule has 0 amide bonds. The third kappa shape index (κ3) is 13.1. The van der Waals surface area contributed by atoms with Gasteiger partial charge in [-0.1, -0.05) is 46.0 Å². The number of ketones is 1. The second kappa shape index (κ2) is 10.3. The summed E-state index contributed by atoms with van der Waals surface area (Å²) in [5, 5.41) is 0. The zero-order chi connectivity index (χ0) is 13.1. The van der Waals surface area contributed by atoms with Crippen LogP contribution in [0.2, 0.25) is 0 Å². The number of hydrogen-bond donors (Lipinski definition) is 0. The summed E-state index contributed by atoms with van der Waals surface area (Å²) in [5.41, 5.74) is 0. The summed E-state index contributed by atoms with van der Waals surface area (Å²) in [6.07, 6.45) is 6.98. The van der Waals surface area contributed by atoms with E-state index in [1.54, 1.807) is 0 Å². The Morgan fingerprint density at radius 3 is 2.18 bits per heavy atom. The van der Waals surface area contributed by atoms with Crippen molar-refractivity contribution in [2.45, 2.75) is 65.7 Å². The summed E-state index contributed by atoms with van der Waals surface area (Å²) in [7, 11) is 0. The van der Waals surface area contributed by atoms with Crippen LogP contribution in [-0.2, 0) is 14.3 Å². The molecule has 0 aromatic carbocycles. The number of carbonyl (C=O) groups is 2. The topological polar surface area (TPSA) is 43.4 Å². The zero-order valence-corrected chi connectivity index (χ0v) is 11.5. The largest absolute Gasteiger partial charge is 0.465 e. The van der Waals surface area contributed by atoms with Gasteiger partial charge in [0.25, 0.3) is 0 Å². The fraction of sp³-hybridized carbons (Fsp3) is 0.857. The highest BCUT2D eigenvalue weighted by Crippen LogP contribution is 2.10. The molecule has 0 saturated heterocycles. The van der Waals surface area contributed by atoms with Crippen LogP contribution in [0.1, 0.15) is 65.7 Å². The maximum Gasteiger partial charge on any atom is 0.313 e. The number of rotatable bonds is 10. The monoisotopic (exact) mass is 242 g/mol. The third-order valence-corrected chi connectivity index (χ3v) is 2.58. The number of hydrogen-bond acceptors (Lipinski definition) is 3. The lowest BCUT2D eigenvalue weighted by Gasteiger charge is -2.05. The molecule has 0 aliphatic heterocycles. The van der Waals surface area contributed by atoms with Crippen LogP contribution in [0.25, 0.3) is 0 Å². The van der Waals surface area contributed by atoms with Gasteiger partial charge in [-0.05, 0) is 19.3 Å². The molecule has 17 heavy (non-hydrogen) atoms. The summed E-state index contributed by atoms with van der Waals surface area (Å²) in [6.45, 7) is 6.34. The van der Waals surface area contributed by atoms with Crippen LogP contribution >= 0.6 is 0 Å². The van der Waals surface area contributed by atoms with Gasteiger partial charge in [-0.3, -0.25) is 9.59 Å². The van der Waals surface area contributed by atoms with Gasteiger partial charge in [-0.25, -0.2) is 0 Å². The Balaban J connectivity index is 3.18. The Labute approximate surface area is 105 Å². The van der Waals surface area contributed by atoms with Gasteiger partial charge in [0.1, 0.15) is 12.2 Å². The van der Waals surface area contributed by atoms with Crippen LogP contribution in [-0.4, -0.2) is 18.4 Å². The van der Waals surface area contributed by atoms with E-state index in [1.165, 1.54) is 32.6 Å². The zero-order valence-electron chi connectivity index (χ0n) is 11.5. The van der Waals surface area contributed by atoms with Crippen molar-refractivity contribution < 1.29 is 14.3 Å². The van der Waals surface area contributed by atoms with Gasteiger partial charge < -0.3 is 4.74 Å². The molecule has 0 atom stereocenters. The van der Waals surface area contributed by atoms with Crippen LogP contribution in [0.5, 0.6) is 0 Å². The molecule has 0 aromatic heterocycles. The molecule has 0 heterocycles. The van der Waals surface area contributed by atoms with Crippen LogP contribution < -0.4 is 0 Å². The predicted octanol–water partition coefficient (Wildman–Crippen LogP) is 3.51. The second-order valence-corrected chi connectivity index (χ2v) is 5.05. The van der Waals surface area contributed by atoms with Crippen molar-refractivity contribution in [3.63, 3.8) is 0 Å². The van der Waals surface area contributed by atoms with Gasteiger partial charge in [-0.2, -0.15) is 0 Å². The standard InChI is InChI=1S/C14H26O3/c1-12(2)9-7-5-4-6-8-10-17-14(16)11-13(3)15/h12H,4-11H2,1-3H3. The van der Waals surface area contributed by atoms with E-state index in [9.17, 15) is 9.59 Å². The van der Waals surface area contributed by atoms with Gasteiger partial charge in [-0.15, -0.1) is 0 Å². The van der Waals surface area contributed by atoms with Crippen molar-refractivity contribution in [3.05, 3.63) is 0 Å². The summed E-state index contributed by atoms with van der Waals surface area (Å²) < 4.78 is 4.94. The van der Waals surface area contributed by atoms with E-state index in [0.29, 0.717) is 6.61 Å². The minimum atomic E-state index is -0.391. The Hall–Kier alpha value is -0.860. The predicted molar refractivity (Wildman–Crippen MR) is 68.8 cm³/mol. The second-order valence-electron chi connectivity index (χ2n) is 5.05. The van der Waals surface area contributed by atoms with Crippen molar-refractivity contribution in [1.29, 1.82) is 0 Å². The number of ether oxygens (including phenoxy) is 1. The van der Waals surface area contributed by atoms with Gasteiger partial charge in [0.05, 0.1) is 6.61 Å². The number of Topliss-reactive ketones (excluding diaryl/α,β-unsaturated/α-hetero) is 1. The van der Waals surface area contributed by atoms with E-state index in [0.717, 1.165) is 18.8 Å². The fourth-order valence-electron chi connectivity index (χ4n) is 1.63. The van der Waals surface area contributed by atoms with E-state index in [2.05, 4.69) is 13.8 Å². The SMILES string of the molecule is CC(=O)CC(=O)OCCCCCCCC(C)C. The minimum Gasteiger partial charge on any atom is -0.465 e. The molecule has 3 heteroatoms. The van der Waals surface area contributed by atoms with E-state index >= 15 is 0 Å². The van der Waals surface area contributed by atoms with Crippen LogP contribution in [0.4, 0.5) is 0 Å². The van der Waals surface area contributed by atoms with Crippen molar-refractivity contribution in [1.82, 2.24) is 0 Å². The lowest BCUT2D eigenvalue weighted by Crippen LogP contribution is -2.09. The molecule has 100 valence electrons. The Bertz CT molecular complexity index is 222. The first-order valence-electron chi connectivity index (χ1n) is 6.67. The molecule has 3 nitrogen and oxygen atoms in total. The Kier molecular flexibility index (Phi) is 9.78. The first kappa shape index (κ1) is 16.1. The summed E-state index contributed by atoms with van der Waals surface area (Å²) in [6, 6.07) is 0. The first-order chi connectivity index (χ1) is 8.02. The van der Waals surface area contributed by atoms with E-state index < -0.39 is 5.97 Å².